The van der Waals surface area contributed by atoms with Crippen molar-refractivity contribution in [3.63, 3.8) is 0 Å². The minimum Gasteiger partial charge on any atom is -0.303 e. The average molecular weight is 264 g/mol. The third kappa shape index (κ3) is 2.38. The molecule has 3 rings (SSSR count). The van der Waals surface area contributed by atoms with Gasteiger partial charge in [0.2, 0.25) is 0 Å². The van der Waals surface area contributed by atoms with E-state index in [1.54, 1.807) is 0 Å². The molecule has 18 heavy (non-hydrogen) atoms. The molecule has 4 heteroatoms. The van der Waals surface area contributed by atoms with Gasteiger partial charge in [-0.15, -0.1) is 0 Å². The van der Waals surface area contributed by atoms with Crippen LogP contribution in [0.15, 0.2) is 24.5 Å². The minimum atomic E-state index is 0.772. The molecule has 2 aromatic heterocycles. The summed E-state index contributed by atoms with van der Waals surface area (Å²) in [5.74, 6) is 1.11. The van der Waals surface area contributed by atoms with E-state index in [-0.39, 0.29) is 0 Å². The molecule has 1 fully saturated rings. The molecule has 1 aliphatic rings. The molecule has 0 N–H and O–H groups in total. The quantitative estimate of drug-likeness (QED) is 0.849. The van der Waals surface area contributed by atoms with Crippen molar-refractivity contribution < 1.29 is 0 Å². The first-order valence-corrected chi connectivity index (χ1v) is 7.05. The van der Waals surface area contributed by atoms with Crippen LogP contribution in [-0.4, -0.2) is 33.9 Å². The van der Waals surface area contributed by atoms with Crippen LogP contribution in [0.25, 0.3) is 5.52 Å². The van der Waals surface area contributed by atoms with Crippen molar-refractivity contribution >= 4 is 17.1 Å². The fourth-order valence-electron chi connectivity index (χ4n) is 2.67. The summed E-state index contributed by atoms with van der Waals surface area (Å²) < 4.78 is 2.10. The number of hydrogen-bond donors (Lipinski definition) is 0. The molecule has 0 unspecified atom stereocenters. The van der Waals surface area contributed by atoms with Gasteiger partial charge < -0.3 is 9.30 Å². The molecular formula is C14H18ClN3. The summed E-state index contributed by atoms with van der Waals surface area (Å²) in [7, 11) is 0. The highest BCUT2D eigenvalue weighted by Gasteiger charge is 2.12. The van der Waals surface area contributed by atoms with Gasteiger partial charge in [0.1, 0.15) is 5.82 Å². The normalized spacial score (nSPS) is 17.4. The minimum absolute atomic E-state index is 0.772. The zero-order valence-corrected chi connectivity index (χ0v) is 11.2. The van der Waals surface area contributed by atoms with Crippen LogP contribution >= 0.6 is 11.6 Å². The van der Waals surface area contributed by atoms with Crippen molar-refractivity contribution in [3.8, 4) is 0 Å². The van der Waals surface area contributed by atoms with Crippen LogP contribution < -0.4 is 0 Å². The lowest BCUT2D eigenvalue weighted by molar-refractivity contribution is 0.230. The number of halogens is 1. The predicted octanol–water partition coefficient (Wildman–Crippen LogP) is 3.02. The fourth-order valence-corrected chi connectivity index (χ4v) is 2.88. The maximum absolute atomic E-state index is 6.15. The molecule has 0 aromatic carbocycles. The Bertz CT molecular complexity index is 529. The Hall–Kier alpha value is -1.06. The largest absolute Gasteiger partial charge is 0.303 e. The van der Waals surface area contributed by atoms with E-state index in [1.165, 1.54) is 32.4 Å². The van der Waals surface area contributed by atoms with Gasteiger partial charge in [-0.3, -0.25) is 0 Å². The Kier molecular flexibility index (Phi) is 3.52. The molecule has 0 bridgehead atoms. The molecule has 2 aromatic rings. The van der Waals surface area contributed by atoms with E-state index in [9.17, 15) is 0 Å². The van der Waals surface area contributed by atoms with E-state index < -0.39 is 0 Å². The van der Waals surface area contributed by atoms with E-state index in [4.69, 9.17) is 11.6 Å². The van der Waals surface area contributed by atoms with E-state index in [1.807, 2.05) is 24.5 Å². The second-order valence-corrected chi connectivity index (χ2v) is 5.35. The van der Waals surface area contributed by atoms with Crippen LogP contribution in [0.1, 0.15) is 25.1 Å². The van der Waals surface area contributed by atoms with E-state index in [2.05, 4.69) is 14.3 Å². The zero-order chi connectivity index (χ0) is 12.4. The average Bonchev–Trinajstić information content (AvgIpc) is 2.82. The summed E-state index contributed by atoms with van der Waals surface area (Å²) in [6, 6.07) is 3.88. The molecular weight excluding hydrogens is 246 g/mol. The Morgan fingerprint density at radius 3 is 2.89 bits per heavy atom. The van der Waals surface area contributed by atoms with Gasteiger partial charge in [-0.1, -0.05) is 18.0 Å². The first kappa shape index (κ1) is 12.0. The topological polar surface area (TPSA) is 20.5 Å². The molecule has 0 saturated carbocycles. The van der Waals surface area contributed by atoms with Crippen LogP contribution in [-0.2, 0) is 6.42 Å². The van der Waals surface area contributed by atoms with Gasteiger partial charge >= 0.3 is 0 Å². The number of fused-ring (bicyclic) bond motifs is 1. The Labute approximate surface area is 112 Å². The van der Waals surface area contributed by atoms with Crippen molar-refractivity contribution in [2.45, 2.75) is 25.7 Å². The van der Waals surface area contributed by atoms with Crippen LogP contribution in [0.3, 0.4) is 0 Å². The smallest absolute Gasteiger partial charge is 0.114 e. The highest BCUT2D eigenvalue weighted by Crippen LogP contribution is 2.18. The summed E-state index contributed by atoms with van der Waals surface area (Å²) >= 11 is 6.15. The first-order valence-electron chi connectivity index (χ1n) is 6.67. The number of hydrogen-bond acceptors (Lipinski definition) is 2. The maximum atomic E-state index is 6.15. The van der Waals surface area contributed by atoms with Crippen LogP contribution in [0.2, 0.25) is 5.02 Å². The van der Waals surface area contributed by atoms with Gasteiger partial charge in [0, 0.05) is 19.2 Å². The highest BCUT2D eigenvalue weighted by molar-refractivity contribution is 6.33. The molecule has 0 atom stereocenters. The van der Waals surface area contributed by atoms with Gasteiger partial charge in [-0.25, -0.2) is 4.98 Å². The number of likely N-dealkylation sites (tertiary alicyclic amines) is 1. The van der Waals surface area contributed by atoms with Crippen molar-refractivity contribution in [3.05, 3.63) is 35.4 Å². The number of imidazole rings is 1. The fraction of sp³-hybridized carbons (Fsp3) is 0.500. The molecule has 0 amide bonds. The molecule has 0 radical (unpaired) electrons. The lowest BCUT2D eigenvalue weighted by Crippen LogP contribution is -2.31. The summed E-state index contributed by atoms with van der Waals surface area (Å²) in [6.45, 7) is 3.58. The first-order chi connectivity index (χ1) is 8.84. The third-order valence-electron chi connectivity index (χ3n) is 3.70. The van der Waals surface area contributed by atoms with Crippen molar-refractivity contribution in [2.24, 2.45) is 0 Å². The van der Waals surface area contributed by atoms with Crippen molar-refractivity contribution in [1.82, 2.24) is 14.3 Å². The molecule has 1 saturated heterocycles. The lowest BCUT2D eigenvalue weighted by atomic mass is 10.1. The molecule has 0 spiro atoms. The van der Waals surface area contributed by atoms with Gasteiger partial charge in [0.25, 0.3) is 0 Å². The number of aromatic nitrogens is 2. The van der Waals surface area contributed by atoms with Crippen LogP contribution in [0.5, 0.6) is 0 Å². The molecule has 3 heterocycles. The molecule has 1 aliphatic heterocycles. The van der Waals surface area contributed by atoms with E-state index >= 15 is 0 Å². The Balaban J connectivity index is 1.72. The van der Waals surface area contributed by atoms with Crippen molar-refractivity contribution in [1.29, 1.82) is 0 Å². The second kappa shape index (κ2) is 5.29. The maximum Gasteiger partial charge on any atom is 0.114 e. The highest BCUT2D eigenvalue weighted by atomic mass is 35.5. The number of piperidine rings is 1. The third-order valence-corrected chi connectivity index (χ3v) is 4.02. The van der Waals surface area contributed by atoms with E-state index in [0.717, 1.165) is 29.3 Å². The zero-order valence-electron chi connectivity index (χ0n) is 10.5. The van der Waals surface area contributed by atoms with E-state index in [0.29, 0.717) is 0 Å². The summed E-state index contributed by atoms with van der Waals surface area (Å²) in [4.78, 5) is 7.03. The van der Waals surface area contributed by atoms with Crippen LogP contribution in [0.4, 0.5) is 0 Å². The standard InChI is InChI=1S/C14H18ClN3/c15-12-5-4-9-18-13(12)11-16-14(18)6-10-17-7-2-1-3-8-17/h4-5,9,11H,1-3,6-8,10H2. The van der Waals surface area contributed by atoms with Gasteiger partial charge in [-0.05, 0) is 38.1 Å². The number of pyridine rings is 1. The summed E-state index contributed by atoms with van der Waals surface area (Å²) in [5.41, 5.74) is 1.01. The van der Waals surface area contributed by atoms with Gasteiger partial charge in [0.05, 0.1) is 16.7 Å². The van der Waals surface area contributed by atoms with Gasteiger partial charge in [-0.2, -0.15) is 0 Å². The Morgan fingerprint density at radius 1 is 1.22 bits per heavy atom. The van der Waals surface area contributed by atoms with Crippen molar-refractivity contribution in [2.75, 3.05) is 19.6 Å². The molecule has 0 aliphatic carbocycles. The summed E-state index contributed by atoms with van der Waals surface area (Å²) in [6.07, 6.45) is 8.98. The molecule has 96 valence electrons. The second-order valence-electron chi connectivity index (χ2n) is 4.94. The predicted molar refractivity (Wildman–Crippen MR) is 74.2 cm³/mol. The Morgan fingerprint density at radius 2 is 2.06 bits per heavy atom. The number of rotatable bonds is 3. The SMILES string of the molecule is Clc1cccn2c(CCN3CCCCC3)ncc12. The molecule has 3 nitrogen and oxygen atoms in total. The monoisotopic (exact) mass is 263 g/mol. The van der Waals surface area contributed by atoms with Crippen LogP contribution in [0, 0.1) is 0 Å². The van der Waals surface area contributed by atoms with Gasteiger partial charge in [0.15, 0.2) is 0 Å². The lowest BCUT2D eigenvalue weighted by Gasteiger charge is -2.25. The summed E-state index contributed by atoms with van der Waals surface area (Å²) in [5, 5.41) is 0.772. The number of nitrogens with zero attached hydrogens (tertiary/aromatic N) is 3.